The Labute approximate surface area is 109 Å². The molecule has 0 saturated carbocycles. The molecule has 0 amide bonds. The second-order valence-corrected chi connectivity index (χ2v) is 6.44. The lowest BCUT2D eigenvalue weighted by Gasteiger charge is -2.23. The first-order chi connectivity index (χ1) is 8.37. The van der Waals surface area contributed by atoms with E-state index in [1.165, 1.54) is 0 Å². The van der Waals surface area contributed by atoms with Crippen LogP contribution in [0.4, 0.5) is 0 Å². The molecule has 0 spiro atoms. The molecule has 0 bridgehead atoms. The fraction of sp³-hybridized carbons (Fsp3) is 0.538. The predicted octanol–water partition coefficient (Wildman–Crippen LogP) is 3.36. The molecule has 4 nitrogen and oxygen atoms in total. The normalized spacial score (nSPS) is 12.2. The Hall–Kier alpha value is -0.830. The zero-order valence-corrected chi connectivity index (χ0v) is 12.4. The second kappa shape index (κ2) is 6.37. The van der Waals surface area contributed by atoms with E-state index in [9.17, 15) is 4.57 Å². The Kier molecular flexibility index (Phi) is 5.39. The first-order valence-corrected chi connectivity index (χ1v) is 7.53. The molecule has 0 atom stereocenters. The van der Waals surface area contributed by atoms with Gasteiger partial charge in [-0.15, -0.1) is 0 Å². The summed E-state index contributed by atoms with van der Waals surface area (Å²) in [5.74, 6) is 0.708. The van der Waals surface area contributed by atoms with Crippen molar-refractivity contribution < 1.29 is 18.3 Å². The van der Waals surface area contributed by atoms with Crippen LogP contribution < -0.4 is 10.0 Å². The van der Waals surface area contributed by atoms with E-state index in [4.69, 9.17) is 13.8 Å². The lowest BCUT2D eigenvalue weighted by molar-refractivity contribution is 0.150. The van der Waals surface area contributed by atoms with E-state index in [0.717, 1.165) is 0 Å². The second-order valence-electron chi connectivity index (χ2n) is 4.50. The lowest BCUT2D eigenvalue weighted by Crippen LogP contribution is -2.16. The van der Waals surface area contributed by atoms with Gasteiger partial charge in [-0.1, -0.05) is 0 Å². The molecule has 18 heavy (non-hydrogen) atoms. The van der Waals surface area contributed by atoms with E-state index in [1.807, 2.05) is 27.7 Å². The average Bonchev–Trinajstić information content (AvgIpc) is 2.27. The van der Waals surface area contributed by atoms with E-state index >= 15 is 0 Å². The van der Waals surface area contributed by atoms with Gasteiger partial charge in [-0.25, -0.2) is 0 Å². The van der Waals surface area contributed by atoms with Crippen LogP contribution in [0.1, 0.15) is 27.7 Å². The van der Waals surface area contributed by atoms with E-state index in [2.05, 4.69) is 0 Å². The zero-order valence-electron chi connectivity index (χ0n) is 11.5. The highest BCUT2D eigenvalue weighted by atomic mass is 31.2. The zero-order chi connectivity index (χ0) is 13.8. The topological polar surface area (TPSA) is 44.8 Å². The molecule has 102 valence electrons. The third kappa shape index (κ3) is 4.13. The van der Waals surface area contributed by atoms with Crippen molar-refractivity contribution >= 4 is 12.9 Å². The van der Waals surface area contributed by atoms with Gasteiger partial charge in [0.05, 0.1) is 24.6 Å². The number of hydrogen-bond donors (Lipinski definition) is 0. The molecule has 0 heterocycles. The molecule has 0 aliphatic rings. The summed E-state index contributed by atoms with van der Waals surface area (Å²) in [5.41, 5.74) is 0. The minimum Gasteiger partial charge on any atom is -0.497 e. The van der Waals surface area contributed by atoms with Crippen LogP contribution in [-0.4, -0.2) is 19.3 Å². The molecule has 5 heteroatoms. The molecule has 0 N–H and O–H groups in total. The van der Waals surface area contributed by atoms with Gasteiger partial charge in [0.25, 0.3) is 0 Å². The molecular weight excluding hydrogens is 251 g/mol. The van der Waals surface area contributed by atoms with Crippen molar-refractivity contribution in [2.45, 2.75) is 39.9 Å². The quantitative estimate of drug-likeness (QED) is 0.745. The monoisotopic (exact) mass is 272 g/mol. The van der Waals surface area contributed by atoms with Gasteiger partial charge in [0.1, 0.15) is 5.75 Å². The number of hydrogen-bond acceptors (Lipinski definition) is 4. The van der Waals surface area contributed by atoms with Gasteiger partial charge < -0.3 is 13.8 Å². The van der Waals surface area contributed by atoms with Crippen LogP contribution in [0.3, 0.4) is 0 Å². The molecule has 0 radical (unpaired) electrons. The van der Waals surface area contributed by atoms with Gasteiger partial charge in [0.15, 0.2) is 0 Å². The van der Waals surface area contributed by atoms with Crippen molar-refractivity contribution in [1.82, 2.24) is 0 Å². The minimum atomic E-state index is -3.27. The Balaban J connectivity index is 3.04. The van der Waals surface area contributed by atoms with E-state index < -0.39 is 7.60 Å². The number of benzene rings is 1. The van der Waals surface area contributed by atoms with E-state index in [-0.39, 0.29) is 12.2 Å². The largest absolute Gasteiger partial charge is 0.497 e. The summed E-state index contributed by atoms with van der Waals surface area (Å²) >= 11 is 0. The van der Waals surface area contributed by atoms with E-state index in [0.29, 0.717) is 11.1 Å². The molecule has 0 aliphatic heterocycles. The van der Waals surface area contributed by atoms with E-state index in [1.54, 1.807) is 31.4 Å². The summed E-state index contributed by atoms with van der Waals surface area (Å²) in [4.78, 5) is 0. The maximum absolute atomic E-state index is 12.8. The van der Waals surface area contributed by atoms with Gasteiger partial charge in [-0.05, 0) is 52.0 Å². The minimum absolute atomic E-state index is 0.170. The average molecular weight is 272 g/mol. The molecule has 0 aliphatic carbocycles. The number of ether oxygens (including phenoxy) is 1. The molecule has 1 aromatic rings. The fourth-order valence-electron chi connectivity index (χ4n) is 1.47. The Morgan fingerprint density at radius 3 is 1.72 bits per heavy atom. The van der Waals surface area contributed by atoms with Crippen LogP contribution in [0, 0.1) is 0 Å². The van der Waals surface area contributed by atoms with Crippen LogP contribution in [0.15, 0.2) is 24.3 Å². The number of methoxy groups -OCH3 is 1. The molecule has 0 fully saturated rings. The molecule has 0 aromatic heterocycles. The van der Waals surface area contributed by atoms with Crippen molar-refractivity contribution in [3.05, 3.63) is 24.3 Å². The summed E-state index contributed by atoms with van der Waals surface area (Å²) in [7, 11) is -1.68. The fourth-order valence-corrected chi connectivity index (χ4v) is 3.38. The highest BCUT2D eigenvalue weighted by molar-refractivity contribution is 7.62. The predicted molar refractivity (Wildman–Crippen MR) is 72.7 cm³/mol. The first kappa shape index (κ1) is 15.2. The maximum atomic E-state index is 12.8. The lowest BCUT2D eigenvalue weighted by atomic mass is 10.3. The van der Waals surface area contributed by atoms with Gasteiger partial charge in [-0.2, -0.15) is 0 Å². The Morgan fingerprint density at radius 1 is 0.944 bits per heavy atom. The third-order valence-corrected chi connectivity index (χ3v) is 4.42. The Morgan fingerprint density at radius 2 is 1.39 bits per heavy atom. The van der Waals surface area contributed by atoms with Crippen molar-refractivity contribution in [2.24, 2.45) is 0 Å². The standard InChI is InChI=1S/C13H21O4P/c1-10(2)16-18(14,17-11(3)4)13-8-6-12(15-5)7-9-13/h6-11H,1-5H3. The van der Waals surface area contributed by atoms with Crippen LogP contribution >= 0.6 is 7.60 Å². The smallest absolute Gasteiger partial charge is 0.361 e. The summed E-state index contributed by atoms with van der Waals surface area (Å²) in [5, 5.41) is 0.547. The summed E-state index contributed by atoms with van der Waals surface area (Å²) < 4.78 is 28.8. The third-order valence-electron chi connectivity index (χ3n) is 2.09. The van der Waals surface area contributed by atoms with Gasteiger partial charge in [0, 0.05) is 0 Å². The van der Waals surface area contributed by atoms with Gasteiger partial charge >= 0.3 is 7.60 Å². The van der Waals surface area contributed by atoms with Crippen LogP contribution in [0.5, 0.6) is 5.75 Å². The van der Waals surface area contributed by atoms with Crippen LogP contribution in [-0.2, 0) is 13.6 Å². The maximum Gasteiger partial charge on any atom is 0.361 e. The Bertz CT molecular complexity index is 398. The highest BCUT2D eigenvalue weighted by Gasteiger charge is 2.30. The van der Waals surface area contributed by atoms with Crippen LogP contribution in [0.2, 0.25) is 0 Å². The van der Waals surface area contributed by atoms with Crippen molar-refractivity contribution in [2.75, 3.05) is 7.11 Å². The SMILES string of the molecule is COc1ccc(P(=O)(OC(C)C)OC(C)C)cc1. The number of rotatable bonds is 6. The molecule has 1 aromatic carbocycles. The van der Waals surface area contributed by atoms with Gasteiger partial charge in [0.2, 0.25) is 0 Å². The molecular formula is C13H21O4P. The molecule has 0 saturated heterocycles. The summed E-state index contributed by atoms with van der Waals surface area (Å²) in [6.07, 6.45) is -0.339. The van der Waals surface area contributed by atoms with Crippen LogP contribution in [0.25, 0.3) is 0 Å². The van der Waals surface area contributed by atoms with Gasteiger partial charge in [-0.3, -0.25) is 4.57 Å². The van der Waals surface area contributed by atoms with Crippen molar-refractivity contribution in [1.29, 1.82) is 0 Å². The first-order valence-electron chi connectivity index (χ1n) is 5.99. The van der Waals surface area contributed by atoms with Crippen molar-refractivity contribution in [3.8, 4) is 5.75 Å². The summed E-state index contributed by atoms with van der Waals surface area (Å²) in [6, 6.07) is 6.92. The van der Waals surface area contributed by atoms with Crippen molar-refractivity contribution in [3.63, 3.8) is 0 Å². The summed E-state index contributed by atoms with van der Waals surface area (Å²) in [6.45, 7) is 7.33. The highest BCUT2D eigenvalue weighted by Crippen LogP contribution is 2.49. The molecule has 0 unspecified atom stereocenters. The molecule has 1 rings (SSSR count).